The van der Waals surface area contributed by atoms with E-state index in [1.807, 2.05) is 54.6 Å². The van der Waals surface area contributed by atoms with Crippen molar-refractivity contribution in [2.24, 2.45) is 9.98 Å². The molecule has 1 saturated heterocycles. The van der Waals surface area contributed by atoms with Gasteiger partial charge in [-0.1, -0.05) is 48.1 Å². The van der Waals surface area contributed by atoms with Crippen molar-refractivity contribution in [1.29, 1.82) is 0 Å². The van der Waals surface area contributed by atoms with Crippen LogP contribution in [0.15, 0.2) is 100 Å². The molecule has 1 atom stereocenters. The number of hydrogen-bond acceptors (Lipinski definition) is 8. The van der Waals surface area contributed by atoms with Crippen LogP contribution in [0.3, 0.4) is 0 Å². The summed E-state index contributed by atoms with van der Waals surface area (Å²) in [4.78, 5) is 38.0. The average Bonchev–Trinajstić information content (AvgIpc) is 3.10. The van der Waals surface area contributed by atoms with Gasteiger partial charge < -0.3 is 4.84 Å². The summed E-state index contributed by atoms with van der Waals surface area (Å²) in [5, 5.41) is 13.9. The van der Waals surface area contributed by atoms with E-state index in [-0.39, 0.29) is 11.4 Å². The SMILES string of the molecule is O=C1ONN(c2ccccc2)C1=C1CC(c2ccc([N+](=O)[O-])cc2)N=c2ccccc2=N1. The van der Waals surface area contributed by atoms with Crippen LogP contribution in [0.5, 0.6) is 0 Å². The van der Waals surface area contributed by atoms with Gasteiger partial charge in [-0.05, 0) is 29.8 Å². The Morgan fingerprint density at radius 3 is 2.38 bits per heavy atom. The number of nitro groups is 1. The van der Waals surface area contributed by atoms with E-state index in [9.17, 15) is 14.9 Å². The highest BCUT2D eigenvalue weighted by atomic mass is 16.7. The molecule has 1 N–H and O–H groups in total. The van der Waals surface area contributed by atoms with E-state index in [4.69, 9.17) is 14.8 Å². The van der Waals surface area contributed by atoms with Crippen LogP contribution in [-0.4, -0.2) is 10.9 Å². The normalized spacial score (nSPS) is 19.9. The molecule has 5 rings (SSSR count). The van der Waals surface area contributed by atoms with Gasteiger partial charge in [0.1, 0.15) is 0 Å². The van der Waals surface area contributed by atoms with Crippen molar-refractivity contribution >= 4 is 17.3 Å². The minimum atomic E-state index is -0.547. The predicted molar refractivity (Wildman–Crippen MR) is 114 cm³/mol. The molecule has 0 aliphatic carbocycles. The number of para-hydroxylation sites is 3. The molecular formula is C23H17N5O4. The van der Waals surface area contributed by atoms with Crippen LogP contribution in [0.25, 0.3) is 0 Å². The lowest BCUT2D eigenvalue weighted by atomic mass is 10.0. The molecule has 0 saturated carbocycles. The van der Waals surface area contributed by atoms with E-state index in [0.29, 0.717) is 22.8 Å². The topological polar surface area (TPSA) is 109 Å². The maximum Gasteiger partial charge on any atom is 0.378 e. The maximum absolute atomic E-state index is 12.7. The fourth-order valence-electron chi connectivity index (χ4n) is 3.69. The number of nitrogens with one attached hydrogen (secondary N) is 1. The standard InChI is InChI=1S/C23H17N5O4/c29-23-22(27(26-32-23)16-6-2-1-3-7-16)21-14-20(15-10-12-17(13-11-15)28(30)31)24-18-8-4-5-9-19(18)25-21/h1-13,20,26H,14H2. The lowest BCUT2D eigenvalue weighted by molar-refractivity contribution is -0.384. The third kappa shape index (κ3) is 3.61. The van der Waals surface area contributed by atoms with Crippen molar-refractivity contribution in [2.75, 3.05) is 5.01 Å². The predicted octanol–water partition coefficient (Wildman–Crippen LogP) is 2.67. The van der Waals surface area contributed by atoms with Crippen molar-refractivity contribution in [2.45, 2.75) is 12.5 Å². The van der Waals surface area contributed by atoms with Gasteiger partial charge in [-0.15, -0.1) is 0 Å². The first kappa shape index (κ1) is 19.6. The molecule has 32 heavy (non-hydrogen) atoms. The van der Waals surface area contributed by atoms with Crippen molar-refractivity contribution in [3.05, 3.63) is 117 Å². The zero-order valence-electron chi connectivity index (χ0n) is 16.7. The Morgan fingerprint density at radius 1 is 0.969 bits per heavy atom. The van der Waals surface area contributed by atoms with Gasteiger partial charge >= 0.3 is 5.97 Å². The van der Waals surface area contributed by atoms with Crippen molar-refractivity contribution in [3.8, 4) is 0 Å². The van der Waals surface area contributed by atoms with Crippen LogP contribution >= 0.6 is 0 Å². The minimum Gasteiger partial charge on any atom is -0.345 e. The summed E-state index contributed by atoms with van der Waals surface area (Å²) in [5.41, 5.74) is 4.93. The van der Waals surface area contributed by atoms with E-state index >= 15 is 0 Å². The zero-order chi connectivity index (χ0) is 22.1. The molecule has 1 fully saturated rings. The first-order valence-electron chi connectivity index (χ1n) is 9.91. The summed E-state index contributed by atoms with van der Waals surface area (Å²) in [5.74, 6) is -0.547. The molecule has 3 aromatic carbocycles. The van der Waals surface area contributed by atoms with Gasteiger partial charge in [0, 0.05) is 18.6 Å². The van der Waals surface area contributed by atoms with Crippen molar-refractivity contribution in [1.82, 2.24) is 5.59 Å². The monoisotopic (exact) mass is 427 g/mol. The Balaban J connectivity index is 1.67. The van der Waals surface area contributed by atoms with E-state index < -0.39 is 16.9 Å². The fraction of sp³-hybridized carbons (Fsp3) is 0.0870. The van der Waals surface area contributed by atoms with Crippen LogP contribution in [-0.2, 0) is 9.63 Å². The third-order valence-corrected chi connectivity index (χ3v) is 5.24. The molecule has 0 amide bonds. The molecular weight excluding hydrogens is 410 g/mol. The quantitative estimate of drug-likeness (QED) is 0.391. The second-order valence-electron chi connectivity index (χ2n) is 7.25. The molecule has 9 heteroatoms. The zero-order valence-corrected chi connectivity index (χ0v) is 16.7. The number of rotatable bonds is 3. The first-order chi connectivity index (χ1) is 15.6. The van der Waals surface area contributed by atoms with E-state index in [1.54, 1.807) is 17.1 Å². The maximum atomic E-state index is 12.7. The van der Waals surface area contributed by atoms with Crippen LogP contribution in [0, 0.1) is 10.1 Å². The molecule has 9 nitrogen and oxygen atoms in total. The number of benzene rings is 3. The molecule has 158 valence electrons. The minimum absolute atomic E-state index is 0.00450. The average molecular weight is 427 g/mol. The summed E-state index contributed by atoms with van der Waals surface area (Å²) in [7, 11) is 0. The Morgan fingerprint density at radius 2 is 1.66 bits per heavy atom. The van der Waals surface area contributed by atoms with E-state index in [0.717, 1.165) is 11.3 Å². The first-order valence-corrected chi connectivity index (χ1v) is 9.91. The van der Waals surface area contributed by atoms with E-state index in [2.05, 4.69) is 5.59 Å². The molecule has 0 radical (unpaired) electrons. The number of nitro benzene ring substituents is 1. The Labute approximate surface area is 182 Å². The fourth-order valence-corrected chi connectivity index (χ4v) is 3.69. The summed E-state index contributed by atoms with van der Waals surface area (Å²) in [6, 6.07) is 22.6. The lowest BCUT2D eigenvalue weighted by Gasteiger charge is -2.18. The highest BCUT2D eigenvalue weighted by molar-refractivity contribution is 5.95. The number of anilines is 1. The molecule has 2 aliphatic rings. The van der Waals surface area contributed by atoms with Crippen LogP contribution in [0.2, 0.25) is 0 Å². The Hall–Kier alpha value is -4.37. The second-order valence-corrected chi connectivity index (χ2v) is 7.25. The third-order valence-electron chi connectivity index (χ3n) is 5.24. The highest BCUT2D eigenvalue weighted by Gasteiger charge is 2.34. The van der Waals surface area contributed by atoms with Gasteiger partial charge in [0.05, 0.1) is 33.1 Å². The van der Waals surface area contributed by atoms with Gasteiger partial charge in [0.25, 0.3) is 5.69 Å². The van der Waals surface area contributed by atoms with Crippen molar-refractivity contribution < 1.29 is 14.6 Å². The molecule has 1 unspecified atom stereocenters. The molecule has 0 spiro atoms. The summed E-state index contributed by atoms with van der Waals surface area (Å²) < 4.78 is 0. The Kier molecular flexibility index (Phi) is 4.92. The molecule has 3 aromatic rings. The number of nitrogens with zero attached hydrogens (tertiary/aromatic N) is 4. The second kappa shape index (κ2) is 8.05. The van der Waals surface area contributed by atoms with Gasteiger partial charge in [-0.3, -0.25) is 15.1 Å². The van der Waals surface area contributed by atoms with Gasteiger partial charge in [-0.2, -0.15) is 0 Å². The van der Waals surface area contributed by atoms with Crippen LogP contribution < -0.4 is 21.3 Å². The van der Waals surface area contributed by atoms with Gasteiger partial charge in [0.2, 0.25) is 0 Å². The summed E-state index contributed by atoms with van der Waals surface area (Å²) in [6.07, 6.45) is 0.307. The van der Waals surface area contributed by atoms with Gasteiger partial charge in [0.15, 0.2) is 5.70 Å². The molecule has 2 heterocycles. The summed E-state index contributed by atoms with van der Waals surface area (Å²) in [6.45, 7) is 0. The molecule has 2 aliphatic heterocycles. The molecule has 0 bridgehead atoms. The van der Waals surface area contributed by atoms with Gasteiger partial charge in [-0.25, -0.2) is 14.8 Å². The largest absolute Gasteiger partial charge is 0.378 e. The summed E-state index contributed by atoms with van der Waals surface area (Å²) >= 11 is 0. The number of hydrazine groups is 1. The molecule has 0 aromatic heterocycles. The van der Waals surface area contributed by atoms with Crippen LogP contribution in [0.4, 0.5) is 11.4 Å². The smallest absolute Gasteiger partial charge is 0.345 e. The lowest BCUT2D eigenvalue weighted by Crippen LogP contribution is -2.29. The van der Waals surface area contributed by atoms with E-state index in [1.165, 1.54) is 12.1 Å². The highest BCUT2D eigenvalue weighted by Crippen LogP contribution is 2.32. The van der Waals surface area contributed by atoms with Crippen molar-refractivity contribution in [3.63, 3.8) is 0 Å². The number of fused-ring (bicyclic) bond motifs is 1. The van der Waals surface area contributed by atoms with Crippen LogP contribution in [0.1, 0.15) is 18.0 Å². The number of carbonyl (C=O) groups excluding carboxylic acids is 1. The number of non-ortho nitro benzene ring substituents is 1. The Bertz CT molecular complexity index is 1350. The number of hydrogen-bond donors (Lipinski definition) is 1. The number of carbonyl (C=O) groups is 1.